The molecular formula is C35H46N4O5. The summed E-state index contributed by atoms with van der Waals surface area (Å²) in [5, 5.41) is 7.70. The van der Waals surface area contributed by atoms with Crippen LogP contribution in [0.2, 0.25) is 0 Å². The van der Waals surface area contributed by atoms with E-state index in [2.05, 4.69) is 17.6 Å². The number of rotatable bonds is 14. The van der Waals surface area contributed by atoms with E-state index in [-0.39, 0.29) is 25.3 Å². The number of nitrogens with two attached hydrogens (primary N) is 1. The van der Waals surface area contributed by atoms with E-state index in [0.29, 0.717) is 17.7 Å². The number of carbonyl (C=O) groups excluding carboxylic acids is 4. The molecule has 4 N–H and O–H groups in total. The number of unbranched alkanes of at least 4 members (excludes halogenated alkanes) is 3. The van der Waals surface area contributed by atoms with Crippen molar-refractivity contribution in [3.05, 3.63) is 77.9 Å². The first-order valence-corrected chi connectivity index (χ1v) is 15.3. The Morgan fingerprint density at radius 2 is 1.59 bits per heavy atom. The number of alkyl carbamates (subject to hydrolysis) is 1. The molecule has 0 aromatic heterocycles. The Balaban J connectivity index is 2.04. The highest BCUT2D eigenvalue weighted by Crippen LogP contribution is 2.29. The smallest absolute Gasteiger partial charge is 0.408 e. The number of anilines is 1. The second-order valence-corrected chi connectivity index (χ2v) is 12.1. The molecule has 0 saturated carbocycles. The van der Waals surface area contributed by atoms with Gasteiger partial charge in [-0.3, -0.25) is 14.4 Å². The van der Waals surface area contributed by atoms with Crippen LogP contribution in [-0.4, -0.2) is 46.9 Å². The van der Waals surface area contributed by atoms with Crippen LogP contribution in [0.4, 0.5) is 10.5 Å². The fourth-order valence-electron chi connectivity index (χ4n) is 5.09. The van der Waals surface area contributed by atoms with Gasteiger partial charge in [0.25, 0.3) is 5.91 Å². The van der Waals surface area contributed by atoms with Crippen LogP contribution in [0, 0.1) is 6.92 Å². The Morgan fingerprint density at radius 3 is 2.25 bits per heavy atom. The average Bonchev–Trinajstić information content (AvgIpc) is 2.96. The predicted molar refractivity (Wildman–Crippen MR) is 174 cm³/mol. The van der Waals surface area contributed by atoms with E-state index in [1.165, 1.54) is 4.90 Å². The van der Waals surface area contributed by atoms with E-state index in [9.17, 15) is 19.2 Å². The monoisotopic (exact) mass is 602 g/mol. The van der Waals surface area contributed by atoms with Gasteiger partial charge in [-0.05, 0) is 74.6 Å². The van der Waals surface area contributed by atoms with Crippen LogP contribution >= 0.6 is 0 Å². The van der Waals surface area contributed by atoms with Gasteiger partial charge in [0.15, 0.2) is 0 Å². The molecule has 0 fully saturated rings. The summed E-state index contributed by atoms with van der Waals surface area (Å²) < 4.78 is 5.43. The minimum atomic E-state index is -1.14. The molecule has 0 radical (unpaired) electrons. The fraction of sp³-hybridized carbons (Fsp3) is 0.429. The number of aryl methyl sites for hydroxylation is 1. The van der Waals surface area contributed by atoms with Crippen molar-refractivity contribution in [2.75, 3.05) is 11.9 Å². The molecule has 0 saturated heterocycles. The molecular weight excluding hydrogens is 556 g/mol. The van der Waals surface area contributed by atoms with Crippen molar-refractivity contribution < 1.29 is 23.9 Å². The maximum Gasteiger partial charge on any atom is 0.408 e. The molecule has 0 aliphatic heterocycles. The first-order valence-electron chi connectivity index (χ1n) is 15.3. The highest BCUT2D eigenvalue weighted by atomic mass is 16.6. The lowest BCUT2D eigenvalue weighted by Crippen LogP contribution is -2.53. The molecule has 236 valence electrons. The normalized spacial score (nSPS) is 12.7. The minimum Gasteiger partial charge on any atom is -0.444 e. The van der Waals surface area contributed by atoms with Gasteiger partial charge < -0.3 is 26.0 Å². The van der Waals surface area contributed by atoms with Gasteiger partial charge in [-0.1, -0.05) is 80.8 Å². The SMILES string of the molecule is CCCCCCN(C(=O)C(CCC(N)=O)NC(=O)OC(C)(C)C)C(C(=O)Nc1ccc2ccccc2c1)c1ccccc1C. The summed E-state index contributed by atoms with van der Waals surface area (Å²) >= 11 is 0. The van der Waals surface area contributed by atoms with Crippen molar-refractivity contribution in [3.8, 4) is 0 Å². The van der Waals surface area contributed by atoms with Crippen molar-refractivity contribution in [3.63, 3.8) is 0 Å². The lowest BCUT2D eigenvalue weighted by atomic mass is 9.97. The summed E-state index contributed by atoms with van der Waals surface area (Å²) in [4.78, 5) is 54.7. The number of nitrogens with one attached hydrogen (secondary N) is 2. The summed E-state index contributed by atoms with van der Waals surface area (Å²) in [5.74, 6) is -1.48. The third-order valence-electron chi connectivity index (χ3n) is 7.26. The van der Waals surface area contributed by atoms with Gasteiger partial charge in [-0.25, -0.2) is 4.79 Å². The Labute approximate surface area is 260 Å². The van der Waals surface area contributed by atoms with Crippen LogP contribution in [-0.2, 0) is 19.1 Å². The fourth-order valence-corrected chi connectivity index (χ4v) is 5.09. The second kappa shape index (κ2) is 15.9. The van der Waals surface area contributed by atoms with Crippen LogP contribution < -0.4 is 16.4 Å². The van der Waals surface area contributed by atoms with Crippen molar-refractivity contribution in [2.24, 2.45) is 5.73 Å². The predicted octanol–water partition coefficient (Wildman–Crippen LogP) is 6.40. The molecule has 3 rings (SSSR count). The third kappa shape index (κ3) is 10.1. The van der Waals surface area contributed by atoms with E-state index in [1.807, 2.05) is 73.7 Å². The van der Waals surface area contributed by atoms with Gasteiger partial charge in [0.1, 0.15) is 17.7 Å². The summed E-state index contributed by atoms with van der Waals surface area (Å²) in [6.07, 6.45) is 2.53. The molecule has 0 bridgehead atoms. The molecule has 3 aromatic rings. The van der Waals surface area contributed by atoms with E-state index in [4.69, 9.17) is 10.5 Å². The van der Waals surface area contributed by atoms with E-state index in [1.54, 1.807) is 20.8 Å². The van der Waals surface area contributed by atoms with Crippen molar-refractivity contribution in [1.29, 1.82) is 0 Å². The number of hydrogen-bond acceptors (Lipinski definition) is 5. The zero-order valence-corrected chi connectivity index (χ0v) is 26.5. The molecule has 2 unspecified atom stereocenters. The van der Waals surface area contributed by atoms with Crippen molar-refractivity contribution in [1.82, 2.24) is 10.2 Å². The van der Waals surface area contributed by atoms with Gasteiger partial charge in [0, 0.05) is 18.7 Å². The van der Waals surface area contributed by atoms with Gasteiger partial charge >= 0.3 is 6.09 Å². The first-order chi connectivity index (χ1) is 20.9. The first kappa shape index (κ1) is 34.1. The van der Waals surface area contributed by atoms with Crippen molar-refractivity contribution in [2.45, 2.75) is 90.8 Å². The molecule has 0 aliphatic rings. The minimum absolute atomic E-state index is 0.0361. The number of ether oxygens (including phenoxy) is 1. The Morgan fingerprint density at radius 1 is 0.909 bits per heavy atom. The largest absolute Gasteiger partial charge is 0.444 e. The lowest BCUT2D eigenvalue weighted by molar-refractivity contribution is -0.141. The van der Waals surface area contributed by atoms with Crippen LogP contribution in [0.1, 0.15) is 83.4 Å². The number of nitrogens with zero attached hydrogens (tertiary/aromatic N) is 1. The zero-order chi connectivity index (χ0) is 32.3. The highest BCUT2D eigenvalue weighted by molar-refractivity contribution is 6.00. The maximum absolute atomic E-state index is 14.4. The van der Waals surface area contributed by atoms with E-state index < -0.39 is 35.6 Å². The van der Waals surface area contributed by atoms with Crippen LogP contribution in [0.3, 0.4) is 0 Å². The zero-order valence-electron chi connectivity index (χ0n) is 26.5. The molecule has 4 amide bonds. The molecule has 9 heteroatoms. The van der Waals surface area contributed by atoms with Gasteiger partial charge in [-0.2, -0.15) is 0 Å². The third-order valence-corrected chi connectivity index (χ3v) is 7.26. The lowest BCUT2D eigenvalue weighted by Gasteiger charge is -2.35. The number of amides is 4. The van der Waals surface area contributed by atoms with Crippen molar-refractivity contribution >= 4 is 40.3 Å². The van der Waals surface area contributed by atoms with Crippen LogP contribution in [0.5, 0.6) is 0 Å². The van der Waals surface area contributed by atoms with E-state index >= 15 is 0 Å². The topological polar surface area (TPSA) is 131 Å². The summed E-state index contributed by atoms with van der Waals surface area (Å²) in [7, 11) is 0. The summed E-state index contributed by atoms with van der Waals surface area (Å²) in [6, 6.07) is 18.8. The summed E-state index contributed by atoms with van der Waals surface area (Å²) in [5.41, 5.74) is 6.74. The standard InChI is InChI=1S/C35H46N4O5/c1-6-7-8-13-22-39(33(42)29(20-21-30(36)40)38-34(43)44-35(3,4)5)31(28-17-12-9-14-24(28)2)32(41)37-27-19-18-25-15-10-11-16-26(25)23-27/h9-12,14-19,23,29,31H,6-8,13,20-22H2,1-5H3,(H2,36,40)(H,37,41)(H,38,43). The number of hydrogen-bond donors (Lipinski definition) is 3. The molecule has 2 atom stereocenters. The Hall–Kier alpha value is -4.40. The van der Waals surface area contributed by atoms with E-state index in [0.717, 1.165) is 35.6 Å². The maximum atomic E-state index is 14.4. The molecule has 0 aliphatic carbocycles. The Kier molecular flexibility index (Phi) is 12.3. The highest BCUT2D eigenvalue weighted by Gasteiger charge is 2.37. The van der Waals surface area contributed by atoms with Gasteiger partial charge in [0.2, 0.25) is 11.8 Å². The molecule has 44 heavy (non-hydrogen) atoms. The quantitative estimate of drug-likeness (QED) is 0.184. The molecule has 0 heterocycles. The molecule has 9 nitrogen and oxygen atoms in total. The van der Waals surface area contributed by atoms with Crippen LogP contribution in [0.25, 0.3) is 10.8 Å². The Bertz CT molecular complexity index is 1450. The second-order valence-electron chi connectivity index (χ2n) is 12.1. The number of benzene rings is 3. The van der Waals surface area contributed by atoms with Crippen LogP contribution in [0.15, 0.2) is 66.7 Å². The average molecular weight is 603 g/mol. The number of primary amides is 1. The molecule has 0 spiro atoms. The van der Waals surface area contributed by atoms with Gasteiger partial charge in [0.05, 0.1) is 0 Å². The number of fused-ring (bicyclic) bond motifs is 1. The molecule has 3 aromatic carbocycles. The number of carbonyl (C=O) groups is 4. The summed E-state index contributed by atoms with van der Waals surface area (Å²) in [6.45, 7) is 9.43. The van der Waals surface area contributed by atoms with Gasteiger partial charge in [-0.15, -0.1) is 0 Å².